The van der Waals surface area contributed by atoms with E-state index in [1.165, 1.54) is 24.7 Å². The molecular weight excluding hydrogens is 328 g/mol. The van der Waals surface area contributed by atoms with E-state index in [-0.39, 0.29) is 11.8 Å². The van der Waals surface area contributed by atoms with E-state index in [0.717, 1.165) is 18.4 Å². The van der Waals surface area contributed by atoms with Crippen LogP contribution in [-0.2, 0) is 6.42 Å². The molecule has 1 aliphatic heterocycles. The van der Waals surface area contributed by atoms with Gasteiger partial charge in [0, 0.05) is 31.7 Å². The van der Waals surface area contributed by atoms with Crippen LogP contribution in [0.25, 0.3) is 0 Å². The Kier molecular flexibility index (Phi) is 6.10. The van der Waals surface area contributed by atoms with Crippen LogP contribution in [0.1, 0.15) is 52.7 Å². The van der Waals surface area contributed by atoms with E-state index in [9.17, 15) is 9.59 Å². The van der Waals surface area contributed by atoms with Gasteiger partial charge in [-0.05, 0) is 49.1 Å². The highest BCUT2D eigenvalue weighted by Crippen LogP contribution is 2.14. The van der Waals surface area contributed by atoms with Crippen molar-refractivity contribution >= 4 is 11.8 Å². The van der Waals surface area contributed by atoms with E-state index in [0.29, 0.717) is 31.9 Å². The fourth-order valence-electron chi connectivity index (χ4n) is 3.26. The molecule has 1 aliphatic rings. The van der Waals surface area contributed by atoms with Crippen molar-refractivity contribution in [3.8, 4) is 0 Å². The molecule has 3 rings (SSSR count). The molecule has 26 heavy (non-hydrogen) atoms. The number of benzene rings is 1. The van der Waals surface area contributed by atoms with Crippen LogP contribution >= 0.6 is 0 Å². The zero-order chi connectivity index (χ0) is 18.4. The minimum Gasteiger partial charge on any atom is -0.459 e. The third-order valence-corrected chi connectivity index (χ3v) is 4.82. The van der Waals surface area contributed by atoms with Gasteiger partial charge in [-0.2, -0.15) is 0 Å². The summed E-state index contributed by atoms with van der Waals surface area (Å²) in [6, 6.07) is 11.3. The molecule has 0 radical (unpaired) electrons. The third kappa shape index (κ3) is 4.34. The van der Waals surface area contributed by atoms with Crippen LogP contribution in [0.5, 0.6) is 0 Å². The molecule has 2 heterocycles. The highest BCUT2D eigenvalue weighted by Gasteiger charge is 2.24. The van der Waals surface area contributed by atoms with Gasteiger partial charge in [0.25, 0.3) is 11.8 Å². The summed E-state index contributed by atoms with van der Waals surface area (Å²) < 4.78 is 5.20. The van der Waals surface area contributed by atoms with Crippen LogP contribution in [-0.4, -0.2) is 47.8 Å². The zero-order valence-corrected chi connectivity index (χ0v) is 15.3. The quantitative estimate of drug-likeness (QED) is 0.824. The number of hydrogen-bond donors (Lipinski definition) is 0. The number of carbonyl (C=O) groups excluding carboxylic acids is 2. The second-order valence-electron chi connectivity index (χ2n) is 6.72. The largest absolute Gasteiger partial charge is 0.459 e. The number of unbranched alkanes of at least 4 members (excludes halogenated alkanes) is 1. The van der Waals surface area contributed by atoms with Crippen LogP contribution in [0.2, 0.25) is 0 Å². The molecule has 138 valence electrons. The predicted octanol–water partition coefficient (Wildman–Crippen LogP) is 3.61. The van der Waals surface area contributed by atoms with Crippen LogP contribution in [0.3, 0.4) is 0 Å². The summed E-state index contributed by atoms with van der Waals surface area (Å²) in [5.74, 6) is 0.288. The van der Waals surface area contributed by atoms with Crippen LogP contribution in [0.15, 0.2) is 47.1 Å². The van der Waals surface area contributed by atoms with Gasteiger partial charge < -0.3 is 14.2 Å². The van der Waals surface area contributed by atoms with E-state index in [1.807, 2.05) is 29.2 Å². The number of amides is 2. The number of carbonyl (C=O) groups is 2. The molecule has 2 aromatic rings. The number of furan rings is 1. The van der Waals surface area contributed by atoms with Crippen molar-refractivity contribution in [2.24, 2.45) is 0 Å². The minimum atomic E-state index is -0.107. The number of rotatable bonds is 5. The average Bonchev–Trinajstić information content (AvgIpc) is 3.10. The van der Waals surface area contributed by atoms with Gasteiger partial charge in [-0.15, -0.1) is 0 Å². The topological polar surface area (TPSA) is 53.8 Å². The van der Waals surface area contributed by atoms with E-state index in [4.69, 9.17) is 4.42 Å². The third-order valence-electron chi connectivity index (χ3n) is 4.82. The lowest BCUT2D eigenvalue weighted by molar-refractivity contribution is 0.0700. The first kappa shape index (κ1) is 18.2. The zero-order valence-electron chi connectivity index (χ0n) is 15.3. The highest BCUT2D eigenvalue weighted by atomic mass is 16.3. The van der Waals surface area contributed by atoms with Gasteiger partial charge in [0.1, 0.15) is 0 Å². The maximum absolute atomic E-state index is 12.8. The Morgan fingerprint density at radius 2 is 1.65 bits per heavy atom. The number of nitrogens with zero attached hydrogens (tertiary/aromatic N) is 2. The molecule has 0 spiro atoms. The Bertz CT molecular complexity index is 722. The Labute approximate surface area is 154 Å². The Morgan fingerprint density at radius 1 is 0.962 bits per heavy atom. The van der Waals surface area contributed by atoms with Gasteiger partial charge in [0.2, 0.25) is 0 Å². The SMILES string of the molecule is CCCCc1ccc(C(=O)N2CCCN(C(=O)c3ccco3)CC2)cc1. The Balaban J connectivity index is 1.59. The van der Waals surface area contributed by atoms with E-state index in [2.05, 4.69) is 6.92 Å². The molecule has 1 aromatic carbocycles. The van der Waals surface area contributed by atoms with Gasteiger partial charge in [-0.3, -0.25) is 9.59 Å². The van der Waals surface area contributed by atoms with Crippen molar-refractivity contribution in [1.82, 2.24) is 9.80 Å². The molecular formula is C21H26N2O3. The normalized spacial score (nSPS) is 15.0. The summed E-state index contributed by atoms with van der Waals surface area (Å²) in [4.78, 5) is 28.8. The van der Waals surface area contributed by atoms with Crippen molar-refractivity contribution in [3.05, 3.63) is 59.5 Å². The van der Waals surface area contributed by atoms with Crippen molar-refractivity contribution in [1.29, 1.82) is 0 Å². The van der Waals surface area contributed by atoms with Gasteiger partial charge in [0.05, 0.1) is 6.26 Å². The van der Waals surface area contributed by atoms with Crippen molar-refractivity contribution in [2.45, 2.75) is 32.6 Å². The lowest BCUT2D eigenvalue weighted by atomic mass is 10.1. The molecule has 2 amide bonds. The summed E-state index contributed by atoms with van der Waals surface area (Å²) in [5.41, 5.74) is 1.99. The average molecular weight is 354 g/mol. The van der Waals surface area contributed by atoms with E-state index < -0.39 is 0 Å². The standard InChI is InChI=1S/C21H26N2O3/c1-2-3-6-17-8-10-18(11-9-17)20(24)22-12-5-13-23(15-14-22)21(25)19-7-4-16-26-19/h4,7-11,16H,2-3,5-6,12-15H2,1H3. The molecule has 0 atom stereocenters. The van der Waals surface area contributed by atoms with Crippen molar-refractivity contribution < 1.29 is 14.0 Å². The molecule has 1 fully saturated rings. The molecule has 0 unspecified atom stereocenters. The van der Waals surface area contributed by atoms with Gasteiger partial charge in [-0.25, -0.2) is 0 Å². The molecule has 5 nitrogen and oxygen atoms in total. The maximum atomic E-state index is 12.8. The summed E-state index contributed by atoms with van der Waals surface area (Å²) in [5, 5.41) is 0. The van der Waals surface area contributed by atoms with E-state index in [1.54, 1.807) is 17.0 Å². The summed E-state index contributed by atoms with van der Waals surface area (Å²) in [6.45, 7) is 4.55. The molecule has 1 saturated heterocycles. The minimum absolute atomic E-state index is 0.0411. The van der Waals surface area contributed by atoms with Crippen molar-refractivity contribution in [2.75, 3.05) is 26.2 Å². The molecule has 5 heteroatoms. The van der Waals surface area contributed by atoms with Crippen LogP contribution < -0.4 is 0 Å². The Morgan fingerprint density at radius 3 is 2.27 bits per heavy atom. The lowest BCUT2D eigenvalue weighted by Gasteiger charge is -2.21. The van der Waals surface area contributed by atoms with Crippen LogP contribution in [0, 0.1) is 0 Å². The molecule has 0 N–H and O–H groups in total. The first-order valence-electron chi connectivity index (χ1n) is 9.40. The van der Waals surface area contributed by atoms with Gasteiger partial charge in [0.15, 0.2) is 5.76 Å². The van der Waals surface area contributed by atoms with Crippen molar-refractivity contribution in [3.63, 3.8) is 0 Å². The lowest BCUT2D eigenvalue weighted by Crippen LogP contribution is -2.37. The maximum Gasteiger partial charge on any atom is 0.289 e. The summed E-state index contributed by atoms with van der Waals surface area (Å²) >= 11 is 0. The Hall–Kier alpha value is -2.56. The first-order valence-corrected chi connectivity index (χ1v) is 9.40. The fourth-order valence-corrected chi connectivity index (χ4v) is 3.26. The second-order valence-corrected chi connectivity index (χ2v) is 6.72. The molecule has 1 aromatic heterocycles. The predicted molar refractivity (Wildman–Crippen MR) is 100 cm³/mol. The smallest absolute Gasteiger partial charge is 0.289 e. The van der Waals surface area contributed by atoms with Gasteiger partial charge in [-0.1, -0.05) is 25.5 Å². The highest BCUT2D eigenvalue weighted by molar-refractivity contribution is 5.94. The van der Waals surface area contributed by atoms with Crippen LogP contribution in [0.4, 0.5) is 0 Å². The summed E-state index contributed by atoms with van der Waals surface area (Å²) in [7, 11) is 0. The number of aryl methyl sites for hydroxylation is 1. The first-order chi connectivity index (χ1) is 12.7. The summed E-state index contributed by atoms with van der Waals surface area (Å²) in [6.07, 6.45) is 5.66. The molecule has 0 saturated carbocycles. The number of hydrogen-bond acceptors (Lipinski definition) is 3. The molecule has 0 aliphatic carbocycles. The van der Waals surface area contributed by atoms with E-state index >= 15 is 0 Å². The monoisotopic (exact) mass is 354 g/mol. The fraction of sp³-hybridized carbons (Fsp3) is 0.429. The van der Waals surface area contributed by atoms with Gasteiger partial charge >= 0.3 is 0 Å². The molecule has 0 bridgehead atoms. The second kappa shape index (κ2) is 8.70.